The molecule has 1 aliphatic heterocycles. The third kappa shape index (κ3) is 2.25. The summed E-state index contributed by atoms with van der Waals surface area (Å²) in [5.74, 6) is 0.263. The normalized spacial score (nSPS) is 24.4. The first-order valence-electron chi connectivity index (χ1n) is 5.58. The minimum absolute atomic E-state index is 0.143. The monoisotopic (exact) mass is 219 g/mol. The Kier molecular flexibility index (Phi) is 3.25. The average molecular weight is 219 g/mol. The van der Waals surface area contributed by atoms with E-state index in [1.54, 1.807) is 0 Å². The van der Waals surface area contributed by atoms with Gasteiger partial charge in [0.2, 0.25) is 0 Å². The van der Waals surface area contributed by atoms with Crippen LogP contribution in [-0.4, -0.2) is 25.7 Å². The Labute approximate surface area is 95.8 Å². The Morgan fingerprint density at radius 3 is 3.00 bits per heavy atom. The largest absolute Gasteiger partial charge is 0.468 e. The molecule has 2 atom stereocenters. The van der Waals surface area contributed by atoms with Gasteiger partial charge in [-0.2, -0.15) is 0 Å². The summed E-state index contributed by atoms with van der Waals surface area (Å²) in [7, 11) is 1.43. The number of aryl methyl sites for hydroxylation is 1. The first kappa shape index (κ1) is 11.1. The van der Waals surface area contributed by atoms with Gasteiger partial charge in [0.25, 0.3) is 0 Å². The summed E-state index contributed by atoms with van der Waals surface area (Å²) in [6, 6.07) is 8.32. The number of hydrogen-bond donors (Lipinski definition) is 1. The van der Waals surface area contributed by atoms with Gasteiger partial charge < -0.3 is 10.1 Å². The topological polar surface area (TPSA) is 38.3 Å². The molecule has 0 amide bonds. The molecule has 0 aliphatic carbocycles. The molecule has 1 fully saturated rings. The number of methoxy groups -OCH3 is 1. The van der Waals surface area contributed by atoms with Crippen LogP contribution in [0.2, 0.25) is 0 Å². The molecule has 0 unspecified atom stereocenters. The fourth-order valence-corrected chi connectivity index (χ4v) is 2.24. The van der Waals surface area contributed by atoms with Crippen molar-refractivity contribution in [3.05, 3.63) is 35.4 Å². The smallest absolute Gasteiger partial charge is 0.322 e. The summed E-state index contributed by atoms with van der Waals surface area (Å²) in [6.07, 6.45) is 0.829. The van der Waals surface area contributed by atoms with Crippen LogP contribution >= 0.6 is 0 Å². The lowest BCUT2D eigenvalue weighted by atomic mass is 9.95. The molecule has 1 saturated heterocycles. The molecule has 1 aromatic carbocycles. The van der Waals surface area contributed by atoms with Crippen molar-refractivity contribution in [1.82, 2.24) is 5.32 Å². The van der Waals surface area contributed by atoms with Gasteiger partial charge in [-0.25, -0.2) is 0 Å². The highest BCUT2D eigenvalue weighted by Crippen LogP contribution is 2.26. The van der Waals surface area contributed by atoms with E-state index in [9.17, 15) is 4.79 Å². The maximum atomic E-state index is 11.4. The van der Waals surface area contributed by atoms with E-state index < -0.39 is 0 Å². The van der Waals surface area contributed by atoms with Crippen molar-refractivity contribution in [2.24, 2.45) is 0 Å². The zero-order valence-corrected chi connectivity index (χ0v) is 9.69. The zero-order valence-electron chi connectivity index (χ0n) is 9.69. The lowest BCUT2D eigenvalue weighted by molar-refractivity contribution is -0.142. The highest BCUT2D eigenvalue weighted by Gasteiger charge is 2.30. The van der Waals surface area contributed by atoms with Crippen molar-refractivity contribution in [3.63, 3.8) is 0 Å². The first-order valence-corrected chi connectivity index (χ1v) is 5.58. The predicted molar refractivity (Wildman–Crippen MR) is 62.3 cm³/mol. The van der Waals surface area contributed by atoms with Gasteiger partial charge in [0.1, 0.15) is 6.04 Å². The Hall–Kier alpha value is -1.35. The summed E-state index contributed by atoms with van der Waals surface area (Å²) in [5.41, 5.74) is 2.57. The van der Waals surface area contributed by atoms with Gasteiger partial charge >= 0.3 is 5.97 Å². The molecule has 0 spiro atoms. The summed E-state index contributed by atoms with van der Waals surface area (Å²) in [6.45, 7) is 2.94. The van der Waals surface area contributed by atoms with E-state index in [0.29, 0.717) is 5.92 Å². The Morgan fingerprint density at radius 1 is 1.50 bits per heavy atom. The number of nitrogens with one attached hydrogen (secondary N) is 1. The Balaban J connectivity index is 2.06. The molecule has 0 radical (unpaired) electrons. The van der Waals surface area contributed by atoms with Crippen LogP contribution in [0.3, 0.4) is 0 Å². The van der Waals surface area contributed by atoms with E-state index in [-0.39, 0.29) is 12.0 Å². The number of ether oxygens (including phenoxy) is 1. The van der Waals surface area contributed by atoms with Gasteiger partial charge in [0, 0.05) is 6.54 Å². The highest BCUT2D eigenvalue weighted by molar-refractivity contribution is 5.76. The number of esters is 1. The maximum absolute atomic E-state index is 11.4. The molecule has 3 nitrogen and oxygen atoms in total. The molecule has 0 aromatic heterocycles. The molecular weight excluding hydrogens is 202 g/mol. The van der Waals surface area contributed by atoms with Crippen molar-refractivity contribution in [2.45, 2.75) is 25.3 Å². The Bertz CT molecular complexity index is 389. The first-order chi connectivity index (χ1) is 7.70. The second-order valence-corrected chi connectivity index (χ2v) is 4.33. The number of carbonyl (C=O) groups is 1. The van der Waals surface area contributed by atoms with Crippen LogP contribution in [-0.2, 0) is 9.53 Å². The van der Waals surface area contributed by atoms with Crippen LogP contribution in [0.4, 0.5) is 0 Å². The summed E-state index contributed by atoms with van der Waals surface area (Å²) in [5, 5.41) is 3.20. The molecule has 3 heteroatoms. The van der Waals surface area contributed by atoms with Crippen molar-refractivity contribution >= 4 is 5.97 Å². The van der Waals surface area contributed by atoms with Gasteiger partial charge in [-0.15, -0.1) is 0 Å². The molecular formula is C13H17NO2. The lowest BCUT2D eigenvalue weighted by Gasteiger charge is -2.10. The minimum atomic E-state index is -0.157. The van der Waals surface area contributed by atoms with Crippen LogP contribution < -0.4 is 5.32 Å². The third-order valence-corrected chi connectivity index (χ3v) is 3.13. The van der Waals surface area contributed by atoms with Crippen molar-refractivity contribution in [3.8, 4) is 0 Å². The van der Waals surface area contributed by atoms with Crippen LogP contribution in [0.25, 0.3) is 0 Å². The van der Waals surface area contributed by atoms with Crippen LogP contribution in [0, 0.1) is 6.92 Å². The van der Waals surface area contributed by atoms with Crippen LogP contribution in [0.1, 0.15) is 23.5 Å². The second-order valence-electron chi connectivity index (χ2n) is 4.33. The molecule has 1 aliphatic rings. The third-order valence-electron chi connectivity index (χ3n) is 3.13. The molecule has 0 bridgehead atoms. The van der Waals surface area contributed by atoms with Gasteiger partial charge in [0.15, 0.2) is 0 Å². The van der Waals surface area contributed by atoms with Crippen molar-refractivity contribution in [1.29, 1.82) is 0 Å². The molecule has 1 heterocycles. The van der Waals surface area contributed by atoms with Crippen LogP contribution in [0.5, 0.6) is 0 Å². The van der Waals surface area contributed by atoms with Gasteiger partial charge in [-0.1, -0.05) is 29.8 Å². The molecule has 16 heavy (non-hydrogen) atoms. The van der Waals surface area contributed by atoms with Crippen molar-refractivity contribution < 1.29 is 9.53 Å². The highest BCUT2D eigenvalue weighted by atomic mass is 16.5. The lowest BCUT2D eigenvalue weighted by Crippen LogP contribution is -2.31. The predicted octanol–water partition coefficient (Wildman–Crippen LogP) is 1.61. The number of benzene rings is 1. The van der Waals surface area contributed by atoms with Gasteiger partial charge in [-0.3, -0.25) is 4.79 Å². The fourth-order valence-electron chi connectivity index (χ4n) is 2.24. The summed E-state index contributed by atoms with van der Waals surface area (Å²) in [4.78, 5) is 11.4. The average Bonchev–Trinajstić information content (AvgIpc) is 2.77. The van der Waals surface area contributed by atoms with E-state index in [2.05, 4.69) is 36.5 Å². The number of rotatable bonds is 2. The number of carbonyl (C=O) groups excluding carboxylic acids is 1. The molecule has 2 rings (SSSR count). The van der Waals surface area contributed by atoms with Gasteiger partial charge in [-0.05, 0) is 24.8 Å². The van der Waals surface area contributed by atoms with E-state index >= 15 is 0 Å². The molecule has 1 aromatic rings. The zero-order chi connectivity index (χ0) is 11.5. The van der Waals surface area contributed by atoms with E-state index in [1.165, 1.54) is 18.2 Å². The molecule has 1 N–H and O–H groups in total. The minimum Gasteiger partial charge on any atom is -0.468 e. The quantitative estimate of drug-likeness (QED) is 0.768. The van der Waals surface area contributed by atoms with Crippen molar-refractivity contribution in [2.75, 3.05) is 13.7 Å². The fraction of sp³-hybridized carbons (Fsp3) is 0.462. The van der Waals surface area contributed by atoms with E-state index in [1.807, 2.05) is 0 Å². The SMILES string of the molecule is COC(=O)[C@@H]1C[C@H](c2cccc(C)c2)CN1. The van der Waals surface area contributed by atoms with E-state index in [0.717, 1.165) is 13.0 Å². The molecule has 0 saturated carbocycles. The standard InChI is InChI=1S/C13H17NO2/c1-9-4-3-5-10(6-9)11-7-12(14-8-11)13(15)16-2/h3-6,11-12,14H,7-8H2,1-2H3/t11-,12-/m0/s1. The summed E-state index contributed by atoms with van der Waals surface area (Å²) >= 11 is 0. The second kappa shape index (κ2) is 4.66. The summed E-state index contributed by atoms with van der Waals surface area (Å²) < 4.78 is 4.74. The Morgan fingerprint density at radius 2 is 2.31 bits per heavy atom. The van der Waals surface area contributed by atoms with E-state index in [4.69, 9.17) is 4.74 Å². The van der Waals surface area contributed by atoms with Gasteiger partial charge in [0.05, 0.1) is 7.11 Å². The maximum Gasteiger partial charge on any atom is 0.322 e. The molecule has 86 valence electrons. The number of hydrogen-bond acceptors (Lipinski definition) is 3. The van der Waals surface area contributed by atoms with Crippen LogP contribution in [0.15, 0.2) is 24.3 Å².